The van der Waals surface area contributed by atoms with Gasteiger partial charge >= 0.3 is 0 Å². The third kappa shape index (κ3) is 3.94. The molecule has 5 nitrogen and oxygen atoms in total. The molecule has 3 N–H and O–H groups in total. The van der Waals surface area contributed by atoms with Gasteiger partial charge in [0.1, 0.15) is 4.60 Å². The van der Waals surface area contributed by atoms with E-state index in [0.29, 0.717) is 27.2 Å². The van der Waals surface area contributed by atoms with E-state index in [0.717, 1.165) is 0 Å². The number of aromatic nitrogens is 1. The first-order chi connectivity index (χ1) is 9.35. The fourth-order valence-corrected chi connectivity index (χ4v) is 3.33. The summed E-state index contributed by atoms with van der Waals surface area (Å²) >= 11 is 3.24. The van der Waals surface area contributed by atoms with Crippen LogP contribution in [-0.4, -0.2) is 13.4 Å². The summed E-state index contributed by atoms with van der Waals surface area (Å²) in [6.07, 6.45) is 0. The number of nitrogens with two attached hydrogens (primary N) is 1. The smallest absolute Gasteiger partial charge is 0.236 e. The van der Waals surface area contributed by atoms with E-state index in [1.54, 1.807) is 43.3 Å². The average molecular weight is 356 g/mol. The predicted molar refractivity (Wildman–Crippen MR) is 83.8 cm³/mol. The van der Waals surface area contributed by atoms with Crippen molar-refractivity contribution in [2.24, 2.45) is 0 Å². The van der Waals surface area contributed by atoms with Gasteiger partial charge in [-0.3, -0.25) is 4.72 Å². The fourth-order valence-electron chi connectivity index (χ4n) is 1.68. The molecule has 2 rings (SSSR count). The highest BCUT2D eigenvalue weighted by Crippen LogP contribution is 2.19. The zero-order valence-corrected chi connectivity index (χ0v) is 13.2. The second-order valence-electron chi connectivity index (χ2n) is 4.37. The van der Waals surface area contributed by atoms with Crippen LogP contribution < -0.4 is 10.5 Å². The Balaban J connectivity index is 2.17. The highest BCUT2D eigenvalue weighted by Gasteiger charge is 2.13. The number of hydrogen-bond acceptors (Lipinski definition) is 4. The number of rotatable bonds is 4. The van der Waals surface area contributed by atoms with E-state index in [4.69, 9.17) is 5.73 Å². The van der Waals surface area contributed by atoms with E-state index in [-0.39, 0.29) is 5.75 Å². The van der Waals surface area contributed by atoms with E-state index >= 15 is 0 Å². The van der Waals surface area contributed by atoms with Gasteiger partial charge in [-0.25, -0.2) is 13.4 Å². The van der Waals surface area contributed by atoms with Crippen LogP contribution in [0.25, 0.3) is 0 Å². The van der Waals surface area contributed by atoms with E-state index in [1.807, 2.05) is 0 Å². The molecule has 0 amide bonds. The molecule has 0 aliphatic heterocycles. The number of aryl methyl sites for hydroxylation is 1. The molecule has 0 saturated heterocycles. The highest BCUT2D eigenvalue weighted by molar-refractivity contribution is 9.10. The number of nitrogen functional groups attached to an aromatic ring is 1. The van der Waals surface area contributed by atoms with Gasteiger partial charge in [0.25, 0.3) is 0 Å². The molecule has 0 radical (unpaired) electrons. The first-order valence-electron chi connectivity index (χ1n) is 5.84. The second-order valence-corrected chi connectivity index (χ2v) is 6.90. The standard InChI is InChI=1S/C13H14BrN3O2S/c1-9-12(6-7-13(14)16-9)17-20(18,19)8-10-2-4-11(15)5-3-10/h2-7,17H,8,15H2,1H3. The van der Waals surface area contributed by atoms with Crippen molar-refractivity contribution in [2.75, 3.05) is 10.5 Å². The van der Waals surface area contributed by atoms with Gasteiger partial charge in [0.05, 0.1) is 17.1 Å². The molecule has 0 aliphatic carbocycles. The number of anilines is 2. The first kappa shape index (κ1) is 14.8. The molecular weight excluding hydrogens is 342 g/mol. The normalized spacial score (nSPS) is 11.3. The van der Waals surface area contributed by atoms with Crippen LogP contribution in [0, 0.1) is 6.92 Å². The molecular formula is C13H14BrN3O2S. The van der Waals surface area contributed by atoms with Crippen molar-refractivity contribution in [3.05, 3.63) is 52.3 Å². The summed E-state index contributed by atoms with van der Waals surface area (Å²) in [4.78, 5) is 4.15. The Bertz CT molecular complexity index is 715. The molecule has 0 atom stereocenters. The molecule has 1 aromatic heterocycles. The highest BCUT2D eigenvalue weighted by atomic mass is 79.9. The summed E-state index contributed by atoms with van der Waals surface area (Å²) in [6.45, 7) is 1.74. The third-order valence-corrected chi connectivity index (χ3v) is 4.34. The van der Waals surface area contributed by atoms with Gasteiger partial charge in [0.15, 0.2) is 0 Å². The van der Waals surface area contributed by atoms with Crippen LogP contribution in [0.1, 0.15) is 11.3 Å². The summed E-state index contributed by atoms with van der Waals surface area (Å²) in [5.41, 5.74) is 7.94. The molecule has 106 valence electrons. The van der Waals surface area contributed by atoms with E-state index in [2.05, 4.69) is 25.6 Å². The SMILES string of the molecule is Cc1nc(Br)ccc1NS(=O)(=O)Cc1ccc(N)cc1. The lowest BCUT2D eigenvalue weighted by Crippen LogP contribution is -2.16. The maximum absolute atomic E-state index is 12.1. The molecule has 1 aromatic carbocycles. The molecule has 0 fully saturated rings. The minimum atomic E-state index is -3.48. The molecule has 20 heavy (non-hydrogen) atoms. The van der Waals surface area contributed by atoms with Gasteiger partial charge in [0, 0.05) is 5.69 Å². The molecule has 1 heterocycles. The summed E-state index contributed by atoms with van der Waals surface area (Å²) in [7, 11) is -3.48. The van der Waals surface area contributed by atoms with Crippen molar-refractivity contribution >= 4 is 37.3 Å². The number of nitrogens with one attached hydrogen (secondary N) is 1. The van der Waals surface area contributed by atoms with Crippen molar-refractivity contribution in [3.8, 4) is 0 Å². The predicted octanol–water partition coefficient (Wildman–Crippen LogP) is 2.68. The van der Waals surface area contributed by atoms with Gasteiger partial charge in [0.2, 0.25) is 10.0 Å². The molecule has 0 aliphatic rings. The Hall–Kier alpha value is -1.60. The summed E-state index contributed by atoms with van der Waals surface area (Å²) < 4.78 is 27.4. The number of nitrogens with zero attached hydrogens (tertiary/aromatic N) is 1. The minimum Gasteiger partial charge on any atom is -0.399 e. The van der Waals surface area contributed by atoms with Gasteiger partial charge in [-0.15, -0.1) is 0 Å². The monoisotopic (exact) mass is 355 g/mol. The van der Waals surface area contributed by atoms with Crippen LogP contribution >= 0.6 is 15.9 Å². The lowest BCUT2D eigenvalue weighted by molar-refractivity contribution is 0.600. The van der Waals surface area contributed by atoms with Crippen LogP contribution in [0.4, 0.5) is 11.4 Å². The summed E-state index contributed by atoms with van der Waals surface area (Å²) in [5.74, 6) is -0.108. The van der Waals surface area contributed by atoms with Crippen molar-refractivity contribution in [3.63, 3.8) is 0 Å². The quantitative estimate of drug-likeness (QED) is 0.652. The lowest BCUT2D eigenvalue weighted by Gasteiger charge is -2.10. The third-order valence-electron chi connectivity index (χ3n) is 2.65. The maximum atomic E-state index is 12.1. The van der Waals surface area contributed by atoms with Crippen molar-refractivity contribution in [2.45, 2.75) is 12.7 Å². The van der Waals surface area contributed by atoms with Crippen LogP contribution in [0.5, 0.6) is 0 Å². The fraction of sp³-hybridized carbons (Fsp3) is 0.154. The average Bonchev–Trinajstić information content (AvgIpc) is 2.35. The number of sulfonamides is 1. The molecule has 0 spiro atoms. The summed E-state index contributed by atoms with van der Waals surface area (Å²) in [5, 5.41) is 0. The van der Waals surface area contributed by atoms with Crippen LogP contribution in [-0.2, 0) is 15.8 Å². The van der Waals surface area contributed by atoms with Crippen LogP contribution in [0.2, 0.25) is 0 Å². The largest absolute Gasteiger partial charge is 0.399 e. The molecule has 0 bridgehead atoms. The minimum absolute atomic E-state index is 0.108. The van der Waals surface area contributed by atoms with Gasteiger partial charge < -0.3 is 5.73 Å². The molecule has 0 unspecified atom stereocenters. The topological polar surface area (TPSA) is 85.1 Å². The van der Waals surface area contributed by atoms with Crippen molar-refractivity contribution in [1.29, 1.82) is 0 Å². The first-order valence-corrected chi connectivity index (χ1v) is 8.28. The zero-order valence-electron chi connectivity index (χ0n) is 10.8. The molecule has 7 heteroatoms. The van der Waals surface area contributed by atoms with E-state index in [9.17, 15) is 8.42 Å². The number of halogens is 1. The Labute approximate surface area is 126 Å². The second kappa shape index (κ2) is 5.80. The Morgan fingerprint density at radius 3 is 2.45 bits per heavy atom. The molecule has 0 saturated carbocycles. The van der Waals surface area contributed by atoms with Crippen LogP contribution in [0.3, 0.4) is 0 Å². The van der Waals surface area contributed by atoms with E-state index < -0.39 is 10.0 Å². The van der Waals surface area contributed by atoms with Gasteiger partial charge in [-0.05, 0) is 52.7 Å². The van der Waals surface area contributed by atoms with Crippen molar-refractivity contribution < 1.29 is 8.42 Å². The van der Waals surface area contributed by atoms with Crippen molar-refractivity contribution in [1.82, 2.24) is 4.98 Å². The van der Waals surface area contributed by atoms with Crippen LogP contribution in [0.15, 0.2) is 41.0 Å². The summed E-state index contributed by atoms with van der Waals surface area (Å²) in [6, 6.07) is 10.1. The van der Waals surface area contributed by atoms with Gasteiger partial charge in [-0.1, -0.05) is 12.1 Å². The Morgan fingerprint density at radius 1 is 1.20 bits per heavy atom. The maximum Gasteiger partial charge on any atom is 0.236 e. The number of hydrogen-bond donors (Lipinski definition) is 2. The lowest BCUT2D eigenvalue weighted by atomic mass is 10.2. The number of pyridine rings is 1. The Kier molecular flexibility index (Phi) is 4.29. The van der Waals surface area contributed by atoms with E-state index in [1.165, 1.54) is 0 Å². The number of benzene rings is 1. The zero-order chi connectivity index (χ0) is 14.8. The Morgan fingerprint density at radius 2 is 1.85 bits per heavy atom. The van der Waals surface area contributed by atoms with Gasteiger partial charge in [-0.2, -0.15) is 0 Å². The molecule has 2 aromatic rings.